The molecule has 1 aromatic carbocycles. The molecule has 0 amide bonds. The number of benzene rings is 1. The van der Waals surface area contributed by atoms with Gasteiger partial charge in [-0.05, 0) is 161 Å². The molecule has 9 unspecified atom stereocenters. The summed E-state index contributed by atoms with van der Waals surface area (Å²) >= 11 is 0. The van der Waals surface area contributed by atoms with E-state index < -0.39 is 20.7 Å². The predicted molar refractivity (Wildman–Crippen MR) is 170 cm³/mol. The first-order chi connectivity index (χ1) is 19.9. The molecule has 5 heteroatoms. The number of aliphatic hydroxyl groups is 2. The van der Waals surface area contributed by atoms with Gasteiger partial charge < -0.3 is 10.2 Å². The van der Waals surface area contributed by atoms with Crippen LogP contribution in [0.2, 0.25) is 0 Å². The summed E-state index contributed by atoms with van der Waals surface area (Å²) in [6.07, 6.45) is 14.8. The highest BCUT2D eigenvalue weighted by Crippen LogP contribution is 2.68. The molecule has 0 aromatic heterocycles. The molecule has 2 N–H and O–H groups in total. The fraction of sp³-hybridized carbons (Fsp3) is 0.838. The van der Waals surface area contributed by atoms with Crippen molar-refractivity contribution in [1.82, 2.24) is 0 Å². The summed E-state index contributed by atoms with van der Waals surface area (Å²) in [5.74, 6) is 4.46. The second kappa shape index (κ2) is 11.5. The van der Waals surface area contributed by atoms with Crippen LogP contribution in [0.4, 0.5) is 0 Å². The Hall–Kier alpha value is -0.910. The maximum Gasteiger partial charge on any atom is 0.181 e. The molecule has 42 heavy (non-hydrogen) atoms. The smallest absolute Gasteiger partial charge is 0.181 e. The normalized spacial score (nSPS) is 44.7. The fourth-order valence-electron chi connectivity index (χ4n) is 11.6. The topological polar surface area (TPSA) is 74.6 Å². The van der Waals surface area contributed by atoms with Gasteiger partial charge in [-0.2, -0.15) is 0 Å². The van der Waals surface area contributed by atoms with Gasteiger partial charge in [-0.1, -0.05) is 45.9 Å². The first-order valence-corrected chi connectivity index (χ1v) is 19.1. The second-order valence-electron chi connectivity index (χ2n) is 16.6. The van der Waals surface area contributed by atoms with Crippen molar-refractivity contribution in [2.24, 2.45) is 52.3 Å². The summed E-state index contributed by atoms with van der Waals surface area (Å²) in [7, 11) is -3.56. The molecule has 5 aliphatic rings. The Kier molecular flexibility index (Phi) is 8.49. The summed E-state index contributed by atoms with van der Waals surface area (Å²) < 4.78 is 28.6. The van der Waals surface area contributed by atoms with Crippen molar-refractivity contribution in [1.29, 1.82) is 0 Å². The number of hydrogen-bond donors (Lipinski definition) is 2. The minimum absolute atomic E-state index is 0.108. The van der Waals surface area contributed by atoms with Gasteiger partial charge in [0.1, 0.15) is 0 Å². The van der Waals surface area contributed by atoms with E-state index in [0.717, 1.165) is 56.8 Å². The lowest BCUT2D eigenvalue weighted by Crippen LogP contribution is -2.54. The van der Waals surface area contributed by atoms with Crippen molar-refractivity contribution in [2.45, 2.75) is 146 Å². The van der Waals surface area contributed by atoms with Crippen LogP contribution in [-0.4, -0.2) is 35.6 Å². The molecular weight excluding hydrogens is 540 g/mol. The SMILES string of the molecule is CC(C)C1CCC(O)(CC(CC2CCC3C4CCC5CC(O)CCC5(C)C4CCC23C)S(=O)(=O)c2ccccc2)CC1. The highest BCUT2D eigenvalue weighted by molar-refractivity contribution is 7.92. The largest absolute Gasteiger partial charge is 0.393 e. The van der Waals surface area contributed by atoms with Gasteiger partial charge in [0.15, 0.2) is 9.84 Å². The summed E-state index contributed by atoms with van der Waals surface area (Å²) in [6, 6.07) is 9.07. The van der Waals surface area contributed by atoms with E-state index >= 15 is 0 Å². The summed E-state index contributed by atoms with van der Waals surface area (Å²) in [5.41, 5.74) is -0.341. The van der Waals surface area contributed by atoms with E-state index in [9.17, 15) is 18.6 Å². The van der Waals surface area contributed by atoms with E-state index in [2.05, 4.69) is 27.7 Å². The molecule has 5 aliphatic carbocycles. The maximum absolute atomic E-state index is 14.3. The van der Waals surface area contributed by atoms with Crippen LogP contribution in [0, 0.1) is 52.3 Å². The molecule has 4 nitrogen and oxygen atoms in total. The minimum atomic E-state index is -3.56. The first kappa shape index (κ1) is 31.1. The van der Waals surface area contributed by atoms with Crippen LogP contribution in [-0.2, 0) is 9.84 Å². The number of sulfone groups is 1. The van der Waals surface area contributed by atoms with E-state index in [1.54, 1.807) is 12.1 Å². The second-order valence-corrected chi connectivity index (χ2v) is 18.9. The van der Waals surface area contributed by atoms with Crippen LogP contribution in [0.15, 0.2) is 35.2 Å². The van der Waals surface area contributed by atoms with Crippen molar-refractivity contribution < 1.29 is 18.6 Å². The number of hydrogen-bond acceptors (Lipinski definition) is 4. The Morgan fingerprint density at radius 3 is 2.19 bits per heavy atom. The van der Waals surface area contributed by atoms with E-state index in [1.165, 1.54) is 38.5 Å². The van der Waals surface area contributed by atoms with Crippen LogP contribution < -0.4 is 0 Å². The van der Waals surface area contributed by atoms with Crippen molar-refractivity contribution in [2.75, 3.05) is 0 Å². The van der Waals surface area contributed by atoms with E-state index in [1.807, 2.05) is 18.2 Å². The lowest BCUT2D eigenvalue weighted by Gasteiger charge is -2.61. The molecule has 1 aromatic rings. The van der Waals surface area contributed by atoms with E-state index in [0.29, 0.717) is 52.7 Å². The van der Waals surface area contributed by atoms with Crippen LogP contribution in [0.3, 0.4) is 0 Å². The zero-order chi connectivity index (χ0) is 29.9. The van der Waals surface area contributed by atoms with Crippen LogP contribution in [0.1, 0.15) is 124 Å². The monoisotopic (exact) mass is 598 g/mol. The quantitative estimate of drug-likeness (QED) is 0.332. The molecule has 236 valence electrons. The van der Waals surface area contributed by atoms with Crippen LogP contribution >= 0.6 is 0 Å². The Morgan fingerprint density at radius 2 is 1.50 bits per heavy atom. The predicted octanol–water partition coefficient (Wildman–Crippen LogP) is 8.21. The molecule has 0 bridgehead atoms. The maximum atomic E-state index is 14.3. The fourth-order valence-corrected chi connectivity index (χ4v) is 13.6. The van der Waals surface area contributed by atoms with Gasteiger partial charge in [0, 0.05) is 0 Å². The van der Waals surface area contributed by atoms with Crippen molar-refractivity contribution in [3.8, 4) is 0 Å². The number of aliphatic hydroxyl groups excluding tert-OH is 1. The van der Waals surface area contributed by atoms with Crippen LogP contribution in [0.25, 0.3) is 0 Å². The molecule has 0 aliphatic heterocycles. The molecule has 9 atom stereocenters. The average Bonchev–Trinajstić information content (AvgIpc) is 3.29. The zero-order valence-corrected chi connectivity index (χ0v) is 27.6. The Balaban J connectivity index is 1.23. The van der Waals surface area contributed by atoms with Crippen LogP contribution in [0.5, 0.6) is 0 Å². The number of rotatable bonds is 7. The first-order valence-electron chi connectivity index (χ1n) is 17.6. The number of fused-ring (bicyclic) bond motifs is 5. The third-order valence-corrected chi connectivity index (χ3v) is 16.6. The standard InChI is InChI=1S/C37H58O4S/c1-25(2)26-14-20-37(39,21-15-26)24-31(42(40,41)30-8-6-5-7-9-30)23-28-11-13-33-32-12-10-27-22-29(38)16-18-35(27,3)34(32)17-19-36(28,33)4/h5-9,25-29,31-34,38-39H,10-24H2,1-4H3. The van der Waals surface area contributed by atoms with Gasteiger partial charge in [0.25, 0.3) is 0 Å². The van der Waals surface area contributed by atoms with E-state index in [-0.39, 0.29) is 11.5 Å². The van der Waals surface area contributed by atoms with Crippen molar-refractivity contribution in [3.63, 3.8) is 0 Å². The van der Waals surface area contributed by atoms with Crippen molar-refractivity contribution in [3.05, 3.63) is 30.3 Å². The highest BCUT2D eigenvalue weighted by Gasteiger charge is 2.60. The lowest BCUT2D eigenvalue weighted by molar-refractivity contribution is -0.127. The third kappa shape index (κ3) is 5.44. The third-order valence-electron chi connectivity index (χ3n) is 14.4. The highest BCUT2D eigenvalue weighted by atomic mass is 32.2. The van der Waals surface area contributed by atoms with Gasteiger partial charge >= 0.3 is 0 Å². The molecule has 6 rings (SSSR count). The molecule has 5 fully saturated rings. The van der Waals surface area contributed by atoms with Gasteiger partial charge in [-0.3, -0.25) is 0 Å². The zero-order valence-electron chi connectivity index (χ0n) is 26.8. The van der Waals surface area contributed by atoms with Gasteiger partial charge in [-0.25, -0.2) is 8.42 Å². The molecule has 0 spiro atoms. The Morgan fingerprint density at radius 1 is 0.833 bits per heavy atom. The van der Waals surface area contributed by atoms with Gasteiger partial charge in [0.05, 0.1) is 21.9 Å². The minimum Gasteiger partial charge on any atom is -0.393 e. The molecule has 5 saturated carbocycles. The van der Waals surface area contributed by atoms with E-state index in [4.69, 9.17) is 0 Å². The molecular formula is C37H58O4S. The molecule has 0 heterocycles. The Bertz CT molecular complexity index is 1190. The average molecular weight is 599 g/mol. The summed E-state index contributed by atoms with van der Waals surface area (Å²) in [6.45, 7) is 9.61. The molecule has 0 radical (unpaired) electrons. The Labute approximate surface area is 256 Å². The molecule has 0 saturated heterocycles. The summed E-state index contributed by atoms with van der Waals surface area (Å²) in [5, 5.41) is 21.7. The lowest BCUT2D eigenvalue weighted by atomic mass is 9.44. The van der Waals surface area contributed by atoms with Gasteiger partial charge in [-0.15, -0.1) is 0 Å². The summed E-state index contributed by atoms with van der Waals surface area (Å²) in [4.78, 5) is 0.420. The van der Waals surface area contributed by atoms with Gasteiger partial charge in [0.2, 0.25) is 0 Å². The van der Waals surface area contributed by atoms with Crippen molar-refractivity contribution >= 4 is 9.84 Å².